The summed E-state index contributed by atoms with van der Waals surface area (Å²) in [6, 6.07) is 34.3. The van der Waals surface area contributed by atoms with E-state index in [-0.39, 0.29) is 0 Å². The molecule has 0 bridgehead atoms. The molecule has 0 atom stereocenters. The van der Waals surface area contributed by atoms with Gasteiger partial charge in [0.15, 0.2) is 0 Å². The number of aryl methyl sites for hydroxylation is 2. The van der Waals surface area contributed by atoms with Crippen LogP contribution in [-0.2, 0) is 0 Å². The highest BCUT2D eigenvalue weighted by atomic mass is 14.7. The van der Waals surface area contributed by atoms with Gasteiger partial charge in [0.1, 0.15) is 0 Å². The highest BCUT2D eigenvalue weighted by Gasteiger charge is 2.00. The van der Waals surface area contributed by atoms with Crippen molar-refractivity contribution in [3.8, 4) is 0 Å². The first-order chi connectivity index (χ1) is 19.6. The summed E-state index contributed by atoms with van der Waals surface area (Å²) in [6.07, 6.45) is 16.5. The predicted molar refractivity (Wildman–Crippen MR) is 173 cm³/mol. The minimum atomic E-state index is 0.954. The van der Waals surface area contributed by atoms with E-state index in [0.29, 0.717) is 0 Å². The Morgan fingerprint density at radius 2 is 0.750 bits per heavy atom. The third-order valence-corrected chi connectivity index (χ3v) is 7.05. The molecule has 0 aliphatic rings. The standard InChI is InChI=1S/C38H30N2/c1-27-3-7-29(8-4-27)15-19-37-23-33-17-13-31(21-35(33)25-39-37)11-12-32-14-18-34-24-38(40-26-36(34)22-32)20-16-30-9-5-28(2)6-10-30/h3-26H,1-2H3. The van der Waals surface area contributed by atoms with Gasteiger partial charge in [-0.1, -0.05) is 108 Å². The Balaban J connectivity index is 1.15. The number of nitrogens with zero attached hydrogens (tertiary/aromatic N) is 2. The van der Waals surface area contributed by atoms with Gasteiger partial charge in [-0.3, -0.25) is 9.97 Å². The first-order valence-electron chi connectivity index (χ1n) is 13.5. The summed E-state index contributed by atoms with van der Waals surface area (Å²) >= 11 is 0. The Kier molecular flexibility index (Phi) is 7.15. The molecule has 0 fully saturated rings. The van der Waals surface area contributed by atoms with Crippen LogP contribution in [0, 0.1) is 13.8 Å². The van der Waals surface area contributed by atoms with Crippen LogP contribution in [0.25, 0.3) is 58.0 Å². The summed E-state index contributed by atoms with van der Waals surface area (Å²) in [5, 5.41) is 4.62. The molecule has 40 heavy (non-hydrogen) atoms. The summed E-state index contributed by atoms with van der Waals surface area (Å²) in [5.74, 6) is 0. The van der Waals surface area contributed by atoms with Gasteiger partial charge in [0.2, 0.25) is 0 Å². The topological polar surface area (TPSA) is 25.8 Å². The van der Waals surface area contributed by atoms with Gasteiger partial charge in [0.25, 0.3) is 0 Å². The van der Waals surface area contributed by atoms with Crippen molar-refractivity contribution in [3.63, 3.8) is 0 Å². The van der Waals surface area contributed by atoms with Gasteiger partial charge in [0.05, 0.1) is 11.4 Å². The Morgan fingerprint density at radius 3 is 1.18 bits per heavy atom. The van der Waals surface area contributed by atoms with Gasteiger partial charge in [-0.15, -0.1) is 0 Å². The van der Waals surface area contributed by atoms with Crippen molar-refractivity contribution in [1.29, 1.82) is 0 Å². The lowest BCUT2D eigenvalue weighted by Gasteiger charge is -2.03. The third-order valence-electron chi connectivity index (χ3n) is 7.05. The zero-order valence-electron chi connectivity index (χ0n) is 22.8. The monoisotopic (exact) mass is 514 g/mol. The van der Waals surface area contributed by atoms with Crippen molar-refractivity contribution in [2.75, 3.05) is 0 Å². The summed E-state index contributed by atoms with van der Waals surface area (Å²) in [7, 11) is 0. The molecule has 0 amide bonds. The van der Waals surface area contributed by atoms with Crippen molar-refractivity contribution >= 4 is 58.0 Å². The molecule has 192 valence electrons. The van der Waals surface area contributed by atoms with E-state index in [1.807, 2.05) is 12.4 Å². The smallest absolute Gasteiger partial charge is 0.0636 e. The van der Waals surface area contributed by atoms with E-state index >= 15 is 0 Å². The fourth-order valence-electron chi connectivity index (χ4n) is 4.65. The Labute approximate surface area is 235 Å². The van der Waals surface area contributed by atoms with Crippen molar-refractivity contribution < 1.29 is 0 Å². The van der Waals surface area contributed by atoms with Crippen LogP contribution < -0.4 is 0 Å². The quantitative estimate of drug-likeness (QED) is 0.207. The number of benzene rings is 4. The molecular formula is C38H30N2. The lowest BCUT2D eigenvalue weighted by molar-refractivity contribution is 1.33. The van der Waals surface area contributed by atoms with Gasteiger partial charge in [0, 0.05) is 23.2 Å². The molecule has 4 aromatic carbocycles. The molecule has 6 rings (SSSR count). The summed E-state index contributed by atoms with van der Waals surface area (Å²) < 4.78 is 0. The summed E-state index contributed by atoms with van der Waals surface area (Å²) in [5.41, 5.74) is 9.07. The number of fused-ring (bicyclic) bond motifs is 2. The molecule has 0 spiro atoms. The van der Waals surface area contributed by atoms with Crippen molar-refractivity contribution in [2.24, 2.45) is 0 Å². The first kappa shape index (κ1) is 25.2. The summed E-state index contributed by atoms with van der Waals surface area (Å²) in [6.45, 7) is 4.20. The van der Waals surface area contributed by atoms with Crippen LogP contribution in [0.2, 0.25) is 0 Å². The highest BCUT2D eigenvalue weighted by Crippen LogP contribution is 2.22. The Morgan fingerprint density at radius 1 is 0.375 bits per heavy atom. The van der Waals surface area contributed by atoms with E-state index in [9.17, 15) is 0 Å². The van der Waals surface area contributed by atoms with E-state index in [1.165, 1.54) is 33.0 Å². The maximum Gasteiger partial charge on any atom is 0.0636 e. The number of pyridine rings is 2. The SMILES string of the molecule is Cc1ccc(C=Cc2cc3ccc(C=Cc4ccc5cc(C=Cc6ccc(C)cc6)ncc5c4)cc3cn2)cc1. The molecule has 2 heteroatoms. The van der Waals surface area contributed by atoms with Crippen LogP contribution in [0.5, 0.6) is 0 Å². The number of hydrogen-bond acceptors (Lipinski definition) is 2. The first-order valence-corrected chi connectivity index (χ1v) is 13.5. The number of aromatic nitrogens is 2. The molecule has 0 aliphatic heterocycles. The minimum absolute atomic E-state index is 0.954. The van der Waals surface area contributed by atoms with Crippen LogP contribution in [0.15, 0.2) is 109 Å². The normalized spacial score (nSPS) is 11.9. The van der Waals surface area contributed by atoms with Gasteiger partial charge in [-0.25, -0.2) is 0 Å². The van der Waals surface area contributed by atoms with Crippen molar-refractivity contribution in [2.45, 2.75) is 13.8 Å². The Hall–Kier alpha value is -5.08. The van der Waals surface area contributed by atoms with E-state index < -0.39 is 0 Å². The molecule has 0 aliphatic carbocycles. The molecular weight excluding hydrogens is 484 g/mol. The fraction of sp³-hybridized carbons (Fsp3) is 0.0526. The van der Waals surface area contributed by atoms with Crippen molar-refractivity contribution in [1.82, 2.24) is 9.97 Å². The second-order valence-electron chi connectivity index (χ2n) is 10.3. The van der Waals surface area contributed by atoms with E-state index in [1.54, 1.807) is 0 Å². The molecule has 0 radical (unpaired) electrons. The van der Waals surface area contributed by atoms with Gasteiger partial charge >= 0.3 is 0 Å². The van der Waals surface area contributed by atoms with Gasteiger partial charge < -0.3 is 0 Å². The number of rotatable bonds is 6. The van der Waals surface area contributed by atoms with E-state index in [0.717, 1.165) is 33.3 Å². The molecule has 2 heterocycles. The Bertz CT molecular complexity index is 1750. The molecule has 0 N–H and O–H groups in total. The second-order valence-corrected chi connectivity index (χ2v) is 10.3. The molecule has 2 nitrogen and oxygen atoms in total. The average molecular weight is 515 g/mol. The molecule has 6 aromatic rings. The number of hydrogen-bond donors (Lipinski definition) is 0. The van der Waals surface area contributed by atoms with Crippen LogP contribution in [0.4, 0.5) is 0 Å². The molecule has 0 saturated heterocycles. The van der Waals surface area contributed by atoms with Crippen LogP contribution in [0.3, 0.4) is 0 Å². The summed E-state index contributed by atoms with van der Waals surface area (Å²) in [4.78, 5) is 9.30. The maximum absolute atomic E-state index is 4.65. The lowest BCUT2D eigenvalue weighted by atomic mass is 10.0. The minimum Gasteiger partial charge on any atom is -0.256 e. The van der Waals surface area contributed by atoms with Gasteiger partial charge in [-0.2, -0.15) is 0 Å². The van der Waals surface area contributed by atoms with Crippen molar-refractivity contribution in [3.05, 3.63) is 154 Å². The second kappa shape index (κ2) is 11.3. The third kappa shape index (κ3) is 6.14. The lowest BCUT2D eigenvalue weighted by Crippen LogP contribution is -1.84. The molecule has 2 aromatic heterocycles. The maximum atomic E-state index is 4.65. The highest BCUT2D eigenvalue weighted by molar-refractivity contribution is 5.89. The molecule has 0 saturated carbocycles. The van der Waals surface area contributed by atoms with E-state index in [2.05, 4.69) is 157 Å². The average Bonchev–Trinajstić information content (AvgIpc) is 2.99. The van der Waals surface area contributed by atoms with Crippen LogP contribution >= 0.6 is 0 Å². The largest absolute Gasteiger partial charge is 0.256 e. The van der Waals surface area contributed by atoms with Gasteiger partial charge in [-0.05, 0) is 83.3 Å². The van der Waals surface area contributed by atoms with E-state index in [4.69, 9.17) is 0 Å². The zero-order valence-corrected chi connectivity index (χ0v) is 22.8. The fourth-order valence-corrected chi connectivity index (χ4v) is 4.65. The van der Waals surface area contributed by atoms with Crippen LogP contribution in [0.1, 0.15) is 44.8 Å². The zero-order chi connectivity index (χ0) is 27.3. The molecule has 0 unspecified atom stereocenters. The van der Waals surface area contributed by atoms with Crippen LogP contribution in [-0.4, -0.2) is 9.97 Å². The predicted octanol–water partition coefficient (Wildman–Crippen LogP) is 9.91.